The number of aliphatic hydroxyl groups excluding tert-OH is 1. The third-order valence-corrected chi connectivity index (χ3v) is 6.96. The highest BCUT2D eigenvalue weighted by Gasteiger charge is 2.48. The van der Waals surface area contributed by atoms with E-state index in [-0.39, 0.29) is 29.4 Å². The number of nitrogens with zero attached hydrogens (tertiary/aromatic N) is 1. The van der Waals surface area contributed by atoms with E-state index in [0.717, 1.165) is 27.8 Å². The normalized spacial score (nSPS) is 18.1. The van der Waals surface area contributed by atoms with Gasteiger partial charge in [-0.25, -0.2) is 4.39 Å². The molecule has 3 unspecified atom stereocenters. The van der Waals surface area contributed by atoms with Gasteiger partial charge in [0, 0.05) is 5.69 Å². The van der Waals surface area contributed by atoms with E-state index >= 15 is 0 Å². The highest BCUT2D eigenvalue weighted by molar-refractivity contribution is 6.03. The Kier molecular flexibility index (Phi) is 6.57. The highest BCUT2D eigenvalue weighted by atomic mass is 19.1. The topological polar surface area (TPSA) is 60.8 Å². The molecule has 5 heteroatoms. The number of hydrogen-bond donors (Lipinski definition) is 2. The van der Waals surface area contributed by atoms with Crippen molar-refractivity contribution in [1.29, 1.82) is 0 Å². The number of carbonyl (C=O) groups is 1. The molecule has 4 aromatic carbocycles. The second-order valence-corrected chi connectivity index (χ2v) is 9.41. The lowest BCUT2D eigenvalue weighted by Gasteiger charge is -2.48. The molecular weight excluding hydrogens is 453 g/mol. The molecule has 0 spiro atoms. The van der Waals surface area contributed by atoms with Gasteiger partial charge in [0.25, 0.3) is 0 Å². The summed E-state index contributed by atoms with van der Waals surface area (Å²) in [6.45, 7) is 2.00. The summed E-state index contributed by atoms with van der Waals surface area (Å²) in [6.07, 6.45) is 0.353. The molecule has 4 aromatic rings. The van der Waals surface area contributed by atoms with Crippen LogP contribution < -0.4 is 4.90 Å². The van der Waals surface area contributed by atoms with E-state index in [1.165, 1.54) is 12.1 Å². The van der Waals surface area contributed by atoms with Crippen molar-refractivity contribution in [3.8, 4) is 16.9 Å². The van der Waals surface area contributed by atoms with Crippen LogP contribution in [0.15, 0.2) is 97.1 Å². The molecule has 1 heterocycles. The zero-order valence-corrected chi connectivity index (χ0v) is 20.0. The average Bonchev–Trinajstić information content (AvgIpc) is 2.89. The molecule has 1 amide bonds. The number of amides is 1. The van der Waals surface area contributed by atoms with Crippen molar-refractivity contribution in [3.05, 3.63) is 120 Å². The van der Waals surface area contributed by atoms with Crippen LogP contribution in [0.1, 0.15) is 41.7 Å². The number of halogens is 1. The second kappa shape index (κ2) is 9.96. The van der Waals surface area contributed by atoms with Crippen LogP contribution in [0.25, 0.3) is 11.1 Å². The first-order valence-corrected chi connectivity index (χ1v) is 12.1. The molecule has 0 bridgehead atoms. The Morgan fingerprint density at radius 1 is 0.889 bits per heavy atom. The molecule has 0 aromatic heterocycles. The lowest BCUT2D eigenvalue weighted by Crippen LogP contribution is -2.55. The van der Waals surface area contributed by atoms with E-state index in [1.54, 1.807) is 35.2 Å². The Morgan fingerprint density at radius 3 is 2.25 bits per heavy atom. The maximum Gasteiger partial charge on any atom is 0.233 e. The van der Waals surface area contributed by atoms with Gasteiger partial charge in [0.1, 0.15) is 11.6 Å². The summed E-state index contributed by atoms with van der Waals surface area (Å²) in [5, 5.41) is 20.6. The number of anilines is 1. The summed E-state index contributed by atoms with van der Waals surface area (Å²) < 4.78 is 13.5. The molecule has 1 aliphatic heterocycles. The van der Waals surface area contributed by atoms with Gasteiger partial charge in [-0.3, -0.25) is 4.79 Å². The van der Waals surface area contributed by atoms with E-state index in [2.05, 4.69) is 0 Å². The quantitative estimate of drug-likeness (QED) is 0.288. The predicted molar refractivity (Wildman–Crippen MR) is 139 cm³/mol. The molecule has 3 atom stereocenters. The summed E-state index contributed by atoms with van der Waals surface area (Å²) in [6, 6.07) is 28.6. The molecular formula is C31H28FNO3. The fraction of sp³-hybridized carbons (Fsp3) is 0.194. The molecule has 36 heavy (non-hydrogen) atoms. The van der Waals surface area contributed by atoms with Crippen molar-refractivity contribution in [2.45, 2.75) is 31.9 Å². The minimum Gasteiger partial charge on any atom is -0.508 e. The van der Waals surface area contributed by atoms with Crippen LogP contribution in [0.5, 0.6) is 5.75 Å². The second-order valence-electron chi connectivity index (χ2n) is 9.41. The fourth-order valence-electron chi connectivity index (χ4n) is 4.95. The van der Waals surface area contributed by atoms with Gasteiger partial charge < -0.3 is 15.1 Å². The third kappa shape index (κ3) is 4.75. The van der Waals surface area contributed by atoms with Crippen LogP contribution >= 0.6 is 0 Å². The zero-order valence-electron chi connectivity index (χ0n) is 20.0. The first kappa shape index (κ1) is 23.8. The molecule has 182 valence electrons. The molecule has 4 nitrogen and oxygen atoms in total. The molecule has 0 aliphatic carbocycles. The standard InChI is InChI=1S/C31H28FNO3/c1-20-5-7-22(8-6-20)29(35)18-17-28-30(33(31(28)36)26-15-13-25(32)14-16-26)23-11-9-21(10-12-23)24-3-2-4-27(34)19-24/h2-16,19,28-30,34-35H,17-18H2,1H3. The van der Waals surface area contributed by atoms with Crippen molar-refractivity contribution in [2.75, 3.05) is 4.90 Å². The Labute approximate surface area is 210 Å². The maximum atomic E-state index is 13.5. The van der Waals surface area contributed by atoms with Gasteiger partial charge in [-0.2, -0.15) is 0 Å². The minimum atomic E-state index is -0.646. The van der Waals surface area contributed by atoms with Gasteiger partial charge in [-0.1, -0.05) is 66.2 Å². The van der Waals surface area contributed by atoms with Gasteiger partial charge in [0.05, 0.1) is 18.1 Å². The number of aromatic hydroxyl groups is 1. The summed E-state index contributed by atoms with van der Waals surface area (Å²) >= 11 is 0. The van der Waals surface area contributed by atoms with Crippen LogP contribution in [0, 0.1) is 18.7 Å². The summed E-state index contributed by atoms with van der Waals surface area (Å²) in [5.74, 6) is -0.464. The molecule has 5 rings (SSSR count). The Hall–Kier alpha value is -3.96. The average molecular weight is 482 g/mol. The van der Waals surface area contributed by atoms with Crippen molar-refractivity contribution in [1.82, 2.24) is 0 Å². The summed E-state index contributed by atoms with van der Waals surface area (Å²) in [7, 11) is 0. The van der Waals surface area contributed by atoms with Crippen LogP contribution in [-0.2, 0) is 4.79 Å². The minimum absolute atomic E-state index is 0.0280. The largest absolute Gasteiger partial charge is 0.508 e. The van der Waals surface area contributed by atoms with Crippen LogP contribution in [0.2, 0.25) is 0 Å². The van der Waals surface area contributed by atoms with Crippen molar-refractivity contribution in [3.63, 3.8) is 0 Å². The van der Waals surface area contributed by atoms with Crippen molar-refractivity contribution in [2.24, 2.45) is 5.92 Å². The maximum absolute atomic E-state index is 13.5. The lowest BCUT2D eigenvalue weighted by molar-refractivity contribution is -0.131. The molecule has 0 saturated carbocycles. The smallest absolute Gasteiger partial charge is 0.233 e. The van der Waals surface area contributed by atoms with Gasteiger partial charge in [-0.15, -0.1) is 0 Å². The van der Waals surface area contributed by atoms with E-state index in [4.69, 9.17) is 0 Å². The predicted octanol–water partition coefficient (Wildman–Crippen LogP) is 6.72. The van der Waals surface area contributed by atoms with Crippen LogP contribution in [-0.4, -0.2) is 16.1 Å². The first-order chi connectivity index (χ1) is 17.4. The third-order valence-electron chi connectivity index (χ3n) is 6.96. The number of aryl methyl sites for hydroxylation is 1. The Balaban J connectivity index is 1.40. The summed E-state index contributed by atoms with van der Waals surface area (Å²) in [4.78, 5) is 15.0. The van der Waals surface area contributed by atoms with E-state index in [9.17, 15) is 19.4 Å². The SMILES string of the molecule is Cc1ccc(C(O)CCC2C(=O)N(c3ccc(F)cc3)C2c2ccc(-c3cccc(O)c3)cc2)cc1. The fourth-order valence-corrected chi connectivity index (χ4v) is 4.95. The number of carbonyl (C=O) groups excluding carboxylic acids is 1. The number of phenols is 1. The number of rotatable bonds is 7. The van der Waals surface area contributed by atoms with Crippen molar-refractivity contribution >= 4 is 11.6 Å². The van der Waals surface area contributed by atoms with Gasteiger partial charge in [0.15, 0.2) is 0 Å². The number of benzene rings is 4. The number of phenolic OH excluding ortho intramolecular Hbond substituents is 1. The molecule has 0 radical (unpaired) electrons. The Bertz CT molecular complexity index is 1350. The molecule has 2 N–H and O–H groups in total. The van der Waals surface area contributed by atoms with E-state index in [0.29, 0.717) is 18.5 Å². The number of β-lactam (4-membered cyclic amide) rings is 1. The Morgan fingerprint density at radius 2 is 1.58 bits per heavy atom. The zero-order chi connectivity index (χ0) is 25.2. The number of hydrogen-bond acceptors (Lipinski definition) is 3. The van der Waals surface area contributed by atoms with Gasteiger partial charge >= 0.3 is 0 Å². The highest BCUT2D eigenvalue weighted by Crippen LogP contribution is 2.46. The summed E-state index contributed by atoms with van der Waals surface area (Å²) in [5.41, 5.74) is 5.45. The lowest BCUT2D eigenvalue weighted by atomic mass is 9.78. The van der Waals surface area contributed by atoms with E-state index < -0.39 is 6.10 Å². The van der Waals surface area contributed by atoms with E-state index in [1.807, 2.05) is 61.5 Å². The van der Waals surface area contributed by atoms with Gasteiger partial charge in [0.2, 0.25) is 5.91 Å². The van der Waals surface area contributed by atoms with Crippen LogP contribution in [0.3, 0.4) is 0 Å². The molecule has 1 fully saturated rings. The van der Waals surface area contributed by atoms with Crippen molar-refractivity contribution < 1.29 is 19.4 Å². The van der Waals surface area contributed by atoms with Gasteiger partial charge in [-0.05, 0) is 78.4 Å². The molecule has 1 saturated heterocycles. The first-order valence-electron chi connectivity index (χ1n) is 12.1. The molecule has 1 aliphatic rings. The monoisotopic (exact) mass is 481 g/mol. The van der Waals surface area contributed by atoms with Crippen LogP contribution in [0.4, 0.5) is 10.1 Å². The number of aliphatic hydroxyl groups is 1.